The molecule has 0 aromatic rings. The Morgan fingerprint density at radius 3 is 2.22 bits per heavy atom. The summed E-state index contributed by atoms with van der Waals surface area (Å²) in [5, 5.41) is 0. The molecule has 0 heterocycles. The van der Waals surface area contributed by atoms with Crippen LogP contribution in [-0.4, -0.2) is 6.04 Å². The molecule has 2 N–H and O–H groups in total. The maximum atomic E-state index is 6.33. The van der Waals surface area contributed by atoms with Crippen molar-refractivity contribution in [1.29, 1.82) is 0 Å². The van der Waals surface area contributed by atoms with Crippen LogP contribution in [0.1, 0.15) is 86.5 Å². The molecule has 0 amide bonds. The van der Waals surface area contributed by atoms with Crippen LogP contribution in [0.3, 0.4) is 0 Å². The topological polar surface area (TPSA) is 26.0 Å². The van der Waals surface area contributed by atoms with Crippen LogP contribution in [0.4, 0.5) is 0 Å². The Morgan fingerprint density at radius 2 is 1.57 bits per heavy atom. The quantitative estimate of drug-likeness (QED) is 0.642. The smallest absolute Gasteiger partial charge is 0.00470 e. The van der Waals surface area contributed by atoms with Gasteiger partial charge < -0.3 is 5.73 Å². The monoisotopic (exact) mass is 319 g/mol. The van der Waals surface area contributed by atoms with Gasteiger partial charge >= 0.3 is 0 Å². The van der Waals surface area contributed by atoms with Crippen LogP contribution >= 0.6 is 0 Å². The SMILES string of the molecule is CC.CC(C)C1CCC2C3CC4CC(N)CC4(C)C3CCC12C. The molecule has 0 aromatic carbocycles. The Labute approximate surface area is 145 Å². The van der Waals surface area contributed by atoms with Crippen molar-refractivity contribution >= 4 is 0 Å². The van der Waals surface area contributed by atoms with Gasteiger partial charge in [0.05, 0.1) is 0 Å². The molecule has 0 bridgehead atoms. The lowest BCUT2D eigenvalue weighted by molar-refractivity contribution is -0.0146. The molecule has 0 spiro atoms. The Morgan fingerprint density at radius 1 is 0.913 bits per heavy atom. The van der Waals surface area contributed by atoms with Gasteiger partial charge in [-0.2, -0.15) is 0 Å². The third-order valence-corrected chi connectivity index (χ3v) is 8.94. The van der Waals surface area contributed by atoms with Crippen molar-refractivity contribution in [2.75, 3.05) is 0 Å². The molecule has 8 atom stereocenters. The van der Waals surface area contributed by atoms with E-state index in [0.29, 0.717) is 16.9 Å². The van der Waals surface area contributed by atoms with E-state index >= 15 is 0 Å². The molecule has 0 saturated heterocycles. The molecule has 0 aliphatic heterocycles. The second-order valence-electron chi connectivity index (χ2n) is 9.99. The lowest BCUT2D eigenvalue weighted by Gasteiger charge is -2.50. The van der Waals surface area contributed by atoms with Gasteiger partial charge in [-0.25, -0.2) is 0 Å². The number of rotatable bonds is 1. The molecule has 0 aromatic heterocycles. The van der Waals surface area contributed by atoms with Crippen molar-refractivity contribution in [1.82, 2.24) is 0 Å². The third kappa shape index (κ3) is 2.43. The third-order valence-electron chi connectivity index (χ3n) is 8.94. The van der Waals surface area contributed by atoms with Crippen LogP contribution in [-0.2, 0) is 0 Å². The van der Waals surface area contributed by atoms with Crippen molar-refractivity contribution < 1.29 is 0 Å². The standard InChI is InChI=1S/C20H35N.C2H6/c1-12(2)16-5-6-17-15-10-13-9-14(21)11-20(13,4)18(15)7-8-19(16,17)3;1-2/h12-18H,5-11,21H2,1-4H3;1-2H3. The van der Waals surface area contributed by atoms with E-state index in [-0.39, 0.29) is 0 Å². The molecule has 134 valence electrons. The van der Waals surface area contributed by atoms with E-state index in [2.05, 4.69) is 27.7 Å². The summed E-state index contributed by atoms with van der Waals surface area (Å²) in [7, 11) is 0. The predicted octanol–water partition coefficient (Wildman–Crippen LogP) is 5.87. The summed E-state index contributed by atoms with van der Waals surface area (Å²) >= 11 is 0. The highest BCUT2D eigenvalue weighted by Crippen LogP contribution is 2.70. The maximum Gasteiger partial charge on any atom is 0.00470 e. The first-order chi connectivity index (χ1) is 10.9. The van der Waals surface area contributed by atoms with E-state index in [0.717, 1.165) is 35.5 Å². The van der Waals surface area contributed by atoms with Gasteiger partial charge in [0.1, 0.15) is 0 Å². The van der Waals surface area contributed by atoms with E-state index in [1.165, 1.54) is 44.9 Å². The van der Waals surface area contributed by atoms with E-state index in [4.69, 9.17) is 5.73 Å². The molecule has 8 unspecified atom stereocenters. The summed E-state index contributed by atoms with van der Waals surface area (Å²) in [6.07, 6.45) is 10.2. The van der Waals surface area contributed by atoms with Gasteiger partial charge in [0, 0.05) is 6.04 Å². The zero-order valence-corrected chi connectivity index (χ0v) is 16.6. The summed E-state index contributed by atoms with van der Waals surface area (Å²) in [6, 6.07) is 0.501. The molecule has 0 radical (unpaired) electrons. The fourth-order valence-electron chi connectivity index (χ4n) is 8.17. The van der Waals surface area contributed by atoms with Crippen molar-refractivity contribution in [2.45, 2.75) is 92.5 Å². The maximum absolute atomic E-state index is 6.33. The van der Waals surface area contributed by atoms with E-state index in [1.54, 1.807) is 0 Å². The van der Waals surface area contributed by atoms with Crippen molar-refractivity contribution in [2.24, 2.45) is 52.1 Å². The second kappa shape index (κ2) is 6.04. The Bertz CT molecular complexity index is 430. The summed E-state index contributed by atoms with van der Waals surface area (Å²) in [6.45, 7) is 14.2. The summed E-state index contributed by atoms with van der Waals surface area (Å²) in [5.74, 6) is 5.88. The summed E-state index contributed by atoms with van der Waals surface area (Å²) in [4.78, 5) is 0. The highest BCUT2D eigenvalue weighted by atomic mass is 14.7. The van der Waals surface area contributed by atoms with Crippen molar-refractivity contribution in [3.8, 4) is 0 Å². The Hall–Kier alpha value is -0.0400. The molecule has 4 saturated carbocycles. The van der Waals surface area contributed by atoms with E-state index < -0.39 is 0 Å². The fourth-order valence-corrected chi connectivity index (χ4v) is 8.17. The van der Waals surface area contributed by atoms with Gasteiger partial charge in [0.15, 0.2) is 0 Å². The summed E-state index contributed by atoms with van der Waals surface area (Å²) < 4.78 is 0. The van der Waals surface area contributed by atoms with Gasteiger partial charge in [0.2, 0.25) is 0 Å². The molecule has 4 rings (SSSR count). The van der Waals surface area contributed by atoms with Crippen LogP contribution < -0.4 is 5.73 Å². The Kier molecular flexibility index (Phi) is 4.67. The van der Waals surface area contributed by atoms with E-state index in [9.17, 15) is 0 Å². The highest BCUT2D eigenvalue weighted by molar-refractivity contribution is 5.13. The Balaban J connectivity index is 0.000000753. The number of fused-ring (bicyclic) bond motifs is 5. The normalized spacial score (nSPS) is 54.3. The van der Waals surface area contributed by atoms with Gasteiger partial charge in [-0.1, -0.05) is 41.5 Å². The van der Waals surface area contributed by atoms with Gasteiger partial charge in [-0.15, -0.1) is 0 Å². The second-order valence-corrected chi connectivity index (χ2v) is 9.99. The van der Waals surface area contributed by atoms with E-state index in [1.807, 2.05) is 13.8 Å². The zero-order chi connectivity index (χ0) is 17.0. The minimum atomic E-state index is 0.501. The zero-order valence-electron chi connectivity index (χ0n) is 16.6. The molecule has 1 nitrogen and oxygen atoms in total. The minimum absolute atomic E-state index is 0.501. The number of nitrogens with two attached hydrogens (primary N) is 1. The predicted molar refractivity (Wildman–Crippen MR) is 100 cm³/mol. The van der Waals surface area contributed by atoms with Crippen molar-refractivity contribution in [3.05, 3.63) is 0 Å². The average molecular weight is 320 g/mol. The van der Waals surface area contributed by atoms with Gasteiger partial charge in [0.25, 0.3) is 0 Å². The minimum Gasteiger partial charge on any atom is -0.328 e. The lowest BCUT2D eigenvalue weighted by atomic mass is 9.55. The first kappa shape index (κ1) is 17.8. The van der Waals surface area contributed by atoms with Gasteiger partial charge in [-0.3, -0.25) is 0 Å². The lowest BCUT2D eigenvalue weighted by Crippen LogP contribution is -2.43. The molecule has 4 aliphatic rings. The first-order valence-electron chi connectivity index (χ1n) is 10.6. The largest absolute Gasteiger partial charge is 0.328 e. The number of hydrogen-bond donors (Lipinski definition) is 1. The molecule has 1 heteroatoms. The number of hydrogen-bond acceptors (Lipinski definition) is 1. The fraction of sp³-hybridized carbons (Fsp3) is 1.00. The van der Waals surface area contributed by atoms with Crippen LogP contribution in [0.2, 0.25) is 0 Å². The van der Waals surface area contributed by atoms with Crippen molar-refractivity contribution in [3.63, 3.8) is 0 Å². The molecule has 23 heavy (non-hydrogen) atoms. The van der Waals surface area contributed by atoms with Crippen LogP contribution in [0.25, 0.3) is 0 Å². The molecular formula is C22H41N. The van der Waals surface area contributed by atoms with Gasteiger partial charge in [-0.05, 0) is 91.3 Å². The van der Waals surface area contributed by atoms with Crippen LogP contribution in [0.5, 0.6) is 0 Å². The van der Waals surface area contributed by atoms with Crippen LogP contribution in [0.15, 0.2) is 0 Å². The highest BCUT2D eigenvalue weighted by Gasteiger charge is 2.63. The molecular weight excluding hydrogens is 278 g/mol. The van der Waals surface area contributed by atoms with Crippen LogP contribution in [0, 0.1) is 46.3 Å². The molecule has 4 fully saturated rings. The summed E-state index contributed by atoms with van der Waals surface area (Å²) in [5.41, 5.74) is 7.58. The average Bonchev–Trinajstić information content (AvgIpc) is 3.06. The first-order valence-corrected chi connectivity index (χ1v) is 10.6. The molecule has 4 aliphatic carbocycles.